The highest BCUT2D eigenvalue weighted by molar-refractivity contribution is 5.66. The molecule has 0 heterocycles. The molecule has 1 rings (SSSR count). The monoisotopic (exact) mass is 207 g/mol. The Morgan fingerprint density at radius 3 is 2.07 bits per heavy atom. The standard InChI is InChI=1S/C12H21N3/c1-4-14(5-2)15(6-3)12-10-8-7-9-11(12)13/h7-10H,4-6,13H2,1-3H3. The maximum absolute atomic E-state index is 5.98. The van der Waals surface area contributed by atoms with Crippen molar-refractivity contribution in [3.05, 3.63) is 24.3 Å². The number of para-hydroxylation sites is 2. The van der Waals surface area contributed by atoms with Crippen LogP contribution in [0.4, 0.5) is 11.4 Å². The number of hydrogen-bond acceptors (Lipinski definition) is 3. The first-order chi connectivity index (χ1) is 7.24. The molecule has 84 valence electrons. The van der Waals surface area contributed by atoms with E-state index in [4.69, 9.17) is 5.73 Å². The summed E-state index contributed by atoms with van der Waals surface area (Å²) in [6.45, 7) is 9.40. The van der Waals surface area contributed by atoms with Gasteiger partial charge in [0.15, 0.2) is 0 Å². The lowest BCUT2D eigenvalue weighted by molar-refractivity contribution is 0.280. The number of nitrogens with two attached hydrogens (primary N) is 1. The van der Waals surface area contributed by atoms with Gasteiger partial charge in [-0.3, -0.25) is 0 Å². The smallest absolute Gasteiger partial charge is 0.0751 e. The topological polar surface area (TPSA) is 32.5 Å². The maximum atomic E-state index is 5.98. The van der Waals surface area contributed by atoms with Crippen molar-refractivity contribution in [2.45, 2.75) is 20.8 Å². The van der Waals surface area contributed by atoms with E-state index in [0.29, 0.717) is 0 Å². The van der Waals surface area contributed by atoms with Crippen LogP contribution in [0.15, 0.2) is 24.3 Å². The van der Waals surface area contributed by atoms with E-state index in [0.717, 1.165) is 31.0 Å². The molecular weight excluding hydrogens is 186 g/mol. The Labute approximate surface area is 92.5 Å². The normalized spacial score (nSPS) is 10.7. The highest BCUT2D eigenvalue weighted by atomic mass is 15.6. The lowest BCUT2D eigenvalue weighted by Gasteiger charge is -2.35. The van der Waals surface area contributed by atoms with Gasteiger partial charge < -0.3 is 10.7 Å². The minimum atomic E-state index is 0.839. The lowest BCUT2D eigenvalue weighted by Crippen LogP contribution is -2.42. The first-order valence-corrected chi connectivity index (χ1v) is 5.61. The van der Waals surface area contributed by atoms with Crippen LogP contribution >= 0.6 is 0 Å². The summed E-state index contributed by atoms with van der Waals surface area (Å²) < 4.78 is 0. The summed E-state index contributed by atoms with van der Waals surface area (Å²) in [6, 6.07) is 8.01. The van der Waals surface area contributed by atoms with Gasteiger partial charge in [-0.2, -0.15) is 0 Å². The van der Waals surface area contributed by atoms with E-state index in [-0.39, 0.29) is 0 Å². The van der Waals surface area contributed by atoms with E-state index < -0.39 is 0 Å². The predicted molar refractivity (Wildman–Crippen MR) is 66.8 cm³/mol. The average molecular weight is 207 g/mol. The number of hydrazine groups is 1. The van der Waals surface area contributed by atoms with E-state index in [9.17, 15) is 0 Å². The fraction of sp³-hybridized carbons (Fsp3) is 0.500. The summed E-state index contributed by atoms with van der Waals surface area (Å²) in [6.07, 6.45) is 0. The van der Waals surface area contributed by atoms with Crippen LogP contribution in [0, 0.1) is 0 Å². The minimum Gasteiger partial charge on any atom is -0.397 e. The van der Waals surface area contributed by atoms with E-state index in [1.165, 1.54) is 0 Å². The molecule has 0 fully saturated rings. The van der Waals surface area contributed by atoms with Gasteiger partial charge in [0.05, 0.1) is 11.4 Å². The number of rotatable bonds is 5. The fourth-order valence-corrected chi connectivity index (χ4v) is 1.81. The third-order valence-electron chi connectivity index (χ3n) is 2.59. The average Bonchev–Trinajstić information content (AvgIpc) is 2.27. The predicted octanol–water partition coefficient (Wildman–Crippen LogP) is 2.35. The van der Waals surface area contributed by atoms with Gasteiger partial charge in [-0.1, -0.05) is 26.0 Å². The van der Waals surface area contributed by atoms with E-state index >= 15 is 0 Å². The number of nitrogen functional groups attached to an aromatic ring is 1. The number of hydrogen-bond donors (Lipinski definition) is 1. The minimum absolute atomic E-state index is 0.839. The number of anilines is 2. The van der Waals surface area contributed by atoms with Crippen LogP contribution in [0.1, 0.15) is 20.8 Å². The third-order valence-corrected chi connectivity index (χ3v) is 2.59. The molecule has 0 atom stereocenters. The van der Waals surface area contributed by atoms with Crippen molar-refractivity contribution in [3.63, 3.8) is 0 Å². The molecule has 0 spiro atoms. The van der Waals surface area contributed by atoms with Crippen molar-refractivity contribution in [2.75, 3.05) is 30.4 Å². The van der Waals surface area contributed by atoms with Crippen molar-refractivity contribution in [2.24, 2.45) is 0 Å². The van der Waals surface area contributed by atoms with Gasteiger partial charge >= 0.3 is 0 Å². The van der Waals surface area contributed by atoms with Gasteiger partial charge in [0, 0.05) is 19.6 Å². The second kappa shape index (κ2) is 5.61. The van der Waals surface area contributed by atoms with Crippen LogP contribution in [0.25, 0.3) is 0 Å². The molecule has 2 N–H and O–H groups in total. The summed E-state index contributed by atoms with van der Waals surface area (Å²) in [5.74, 6) is 0. The molecule has 0 unspecified atom stereocenters. The summed E-state index contributed by atoms with van der Waals surface area (Å²) in [7, 11) is 0. The largest absolute Gasteiger partial charge is 0.397 e. The number of nitrogens with zero attached hydrogens (tertiary/aromatic N) is 2. The van der Waals surface area contributed by atoms with Gasteiger partial charge in [0.2, 0.25) is 0 Å². The highest BCUT2D eigenvalue weighted by Gasteiger charge is 2.12. The van der Waals surface area contributed by atoms with Crippen LogP contribution in [0.3, 0.4) is 0 Å². The second-order valence-corrected chi connectivity index (χ2v) is 3.41. The summed E-state index contributed by atoms with van der Waals surface area (Å²) in [5.41, 5.74) is 7.92. The summed E-state index contributed by atoms with van der Waals surface area (Å²) in [5, 5.41) is 4.51. The Hall–Kier alpha value is -1.22. The first kappa shape index (κ1) is 11.9. The van der Waals surface area contributed by atoms with E-state index in [1.54, 1.807) is 0 Å². The zero-order valence-corrected chi connectivity index (χ0v) is 9.90. The molecule has 0 amide bonds. The van der Waals surface area contributed by atoms with Crippen LogP contribution in [-0.4, -0.2) is 24.6 Å². The second-order valence-electron chi connectivity index (χ2n) is 3.41. The zero-order valence-electron chi connectivity index (χ0n) is 9.90. The van der Waals surface area contributed by atoms with Crippen LogP contribution in [0.2, 0.25) is 0 Å². The molecule has 0 radical (unpaired) electrons. The molecule has 0 aliphatic rings. The Morgan fingerprint density at radius 2 is 1.60 bits per heavy atom. The van der Waals surface area contributed by atoms with Gasteiger partial charge in [-0.05, 0) is 19.1 Å². The van der Waals surface area contributed by atoms with Crippen molar-refractivity contribution >= 4 is 11.4 Å². The highest BCUT2D eigenvalue weighted by Crippen LogP contribution is 2.23. The van der Waals surface area contributed by atoms with Gasteiger partial charge in [-0.15, -0.1) is 0 Å². The summed E-state index contributed by atoms with van der Waals surface area (Å²) >= 11 is 0. The van der Waals surface area contributed by atoms with Gasteiger partial charge in [-0.25, -0.2) is 5.01 Å². The van der Waals surface area contributed by atoms with E-state index in [2.05, 4.69) is 36.9 Å². The van der Waals surface area contributed by atoms with Crippen molar-refractivity contribution < 1.29 is 0 Å². The molecule has 3 heteroatoms. The molecule has 0 saturated heterocycles. The lowest BCUT2D eigenvalue weighted by atomic mass is 10.2. The first-order valence-electron chi connectivity index (χ1n) is 5.61. The van der Waals surface area contributed by atoms with Gasteiger partial charge in [0.25, 0.3) is 0 Å². The Kier molecular flexibility index (Phi) is 4.43. The maximum Gasteiger partial charge on any atom is 0.0751 e. The molecule has 3 nitrogen and oxygen atoms in total. The molecular formula is C12H21N3. The van der Waals surface area contributed by atoms with Crippen LogP contribution in [0.5, 0.6) is 0 Å². The van der Waals surface area contributed by atoms with Crippen LogP contribution in [-0.2, 0) is 0 Å². The van der Waals surface area contributed by atoms with E-state index in [1.807, 2.05) is 18.2 Å². The SMILES string of the molecule is CCN(CC)N(CC)c1ccccc1N. The molecule has 0 aliphatic carbocycles. The third kappa shape index (κ3) is 2.63. The molecule has 0 aliphatic heterocycles. The molecule has 1 aromatic carbocycles. The molecule has 0 saturated carbocycles. The molecule has 0 bridgehead atoms. The van der Waals surface area contributed by atoms with Gasteiger partial charge in [0.1, 0.15) is 0 Å². The fourth-order valence-electron chi connectivity index (χ4n) is 1.81. The number of benzene rings is 1. The van der Waals surface area contributed by atoms with Crippen molar-refractivity contribution in [1.29, 1.82) is 0 Å². The van der Waals surface area contributed by atoms with Crippen LogP contribution < -0.4 is 10.7 Å². The summed E-state index contributed by atoms with van der Waals surface area (Å²) in [4.78, 5) is 0. The molecule has 0 aromatic heterocycles. The molecule has 1 aromatic rings. The molecule has 15 heavy (non-hydrogen) atoms. The zero-order chi connectivity index (χ0) is 11.3. The van der Waals surface area contributed by atoms with Crippen molar-refractivity contribution in [3.8, 4) is 0 Å². The quantitative estimate of drug-likeness (QED) is 0.594. The Morgan fingerprint density at radius 1 is 1.00 bits per heavy atom. The Bertz CT molecular complexity index is 295. The van der Waals surface area contributed by atoms with Crippen molar-refractivity contribution in [1.82, 2.24) is 5.01 Å². The Balaban J connectivity index is 2.96.